The molecule has 6 rings (SSSR count). The zero-order valence-electron chi connectivity index (χ0n) is 21.5. The van der Waals surface area contributed by atoms with Crippen LogP contribution in [0.4, 0.5) is 4.39 Å². The van der Waals surface area contributed by atoms with Gasteiger partial charge in [-0.3, -0.25) is 14.7 Å². The normalized spacial score (nSPS) is 11.3. The predicted octanol–water partition coefficient (Wildman–Crippen LogP) is 6.80. The summed E-state index contributed by atoms with van der Waals surface area (Å²) in [6.45, 7) is 1.72. The van der Waals surface area contributed by atoms with Gasteiger partial charge in [0.1, 0.15) is 5.75 Å². The number of halogens is 2. The van der Waals surface area contributed by atoms with Crippen molar-refractivity contribution in [1.82, 2.24) is 19.7 Å². The molecule has 0 radical (unpaired) electrons. The molecule has 0 aliphatic rings. The molecule has 0 aliphatic carbocycles. The molecule has 0 spiro atoms. The number of nitrogens with zero attached hydrogens (tertiary/aromatic N) is 3. The highest BCUT2D eigenvalue weighted by molar-refractivity contribution is 6.31. The molecule has 0 aliphatic heterocycles. The van der Waals surface area contributed by atoms with Crippen molar-refractivity contribution in [2.75, 3.05) is 0 Å². The summed E-state index contributed by atoms with van der Waals surface area (Å²) in [5, 5.41) is 8.63. The van der Waals surface area contributed by atoms with Gasteiger partial charge < -0.3 is 9.30 Å². The van der Waals surface area contributed by atoms with Crippen LogP contribution in [0, 0.1) is 12.7 Å². The van der Waals surface area contributed by atoms with E-state index in [0.29, 0.717) is 49.7 Å². The fourth-order valence-electron chi connectivity index (χ4n) is 4.90. The quantitative estimate of drug-likeness (QED) is 0.230. The number of hydrogen-bond acceptors (Lipinski definition) is 5. The molecule has 0 bridgehead atoms. The number of aromatic amines is 1. The van der Waals surface area contributed by atoms with E-state index in [4.69, 9.17) is 16.3 Å². The molecule has 9 heteroatoms. The second kappa shape index (κ2) is 10.1. The van der Waals surface area contributed by atoms with Crippen molar-refractivity contribution in [2.45, 2.75) is 13.3 Å². The summed E-state index contributed by atoms with van der Waals surface area (Å²) >= 11 is 6.10. The maximum Gasteiger partial charge on any atom is 0.200 e. The van der Waals surface area contributed by atoms with Crippen molar-refractivity contribution in [3.63, 3.8) is 0 Å². The van der Waals surface area contributed by atoms with Gasteiger partial charge in [-0.25, -0.2) is 9.37 Å². The summed E-state index contributed by atoms with van der Waals surface area (Å²) in [4.78, 5) is 30.8. The SMILES string of the molecule is Cc1c(C(=O)Cc2ccc(Oc3ccnc4n[nH]c(-c5ccccc5)c34)c(F)c2)c(=O)c2cc(Cl)ccc2n1C. The molecule has 1 N–H and O–H groups in total. The average molecular weight is 553 g/mol. The summed E-state index contributed by atoms with van der Waals surface area (Å²) in [7, 11) is 1.78. The van der Waals surface area contributed by atoms with E-state index in [1.165, 1.54) is 18.3 Å². The van der Waals surface area contributed by atoms with Crippen molar-refractivity contribution in [3.8, 4) is 22.8 Å². The lowest BCUT2D eigenvalue weighted by Crippen LogP contribution is -2.23. The first-order chi connectivity index (χ1) is 19.3. The lowest BCUT2D eigenvalue weighted by Gasteiger charge is -2.14. The van der Waals surface area contributed by atoms with E-state index in [-0.39, 0.29) is 17.7 Å². The molecule has 0 saturated heterocycles. The van der Waals surface area contributed by atoms with Gasteiger partial charge in [0.25, 0.3) is 0 Å². The van der Waals surface area contributed by atoms with Gasteiger partial charge in [-0.1, -0.05) is 48.0 Å². The molecule has 198 valence electrons. The van der Waals surface area contributed by atoms with Crippen LogP contribution in [-0.4, -0.2) is 25.5 Å². The lowest BCUT2D eigenvalue weighted by molar-refractivity contribution is 0.0990. The monoisotopic (exact) mass is 552 g/mol. The van der Waals surface area contributed by atoms with Gasteiger partial charge in [0.05, 0.1) is 22.2 Å². The number of rotatable bonds is 6. The van der Waals surface area contributed by atoms with E-state index in [2.05, 4.69) is 15.2 Å². The Hall–Kier alpha value is -4.82. The number of Topliss-reactive ketones (excluding diaryl/α,β-unsaturated/α-hetero) is 1. The van der Waals surface area contributed by atoms with Gasteiger partial charge in [-0.05, 0) is 48.9 Å². The number of H-pyrrole nitrogens is 1. The number of pyridine rings is 2. The van der Waals surface area contributed by atoms with Gasteiger partial charge in [0.2, 0.25) is 5.43 Å². The summed E-state index contributed by atoms with van der Waals surface area (Å²) in [5.74, 6) is -0.685. The van der Waals surface area contributed by atoms with Crippen molar-refractivity contribution in [1.29, 1.82) is 0 Å². The first-order valence-electron chi connectivity index (χ1n) is 12.5. The molecule has 0 fully saturated rings. The third-order valence-electron chi connectivity index (χ3n) is 7.00. The lowest BCUT2D eigenvalue weighted by atomic mass is 9.99. The fraction of sp³-hybridized carbons (Fsp3) is 0.0968. The number of hydrogen-bond donors (Lipinski definition) is 1. The van der Waals surface area contributed by atoms with Gasteiger partial charge in [-0.2, -0.15) is 5.10 Å². The van der Waals surface area contributed by atoms with Crippen molar-refractivity contribution in [3.05, 3.63) is 117 Å². The summed E-state index contributed by atoms with van der Waals surface area (Å²) < 4.78 is 23.0. The molecule has 3 heterocycles. The van der Waals surface area contributed by atoms with E-state index < -0.39 is 17.0 Å². The number of nitrogens with one attached hydrogen (secondary N) is 1. The Morgan fingerprint density at radius 2 is 1.85 bits per heavy atom. The molecule has 0 atom stereocenters. The van der Waals surface area contributed by atoms with Crippen LogP contribution in [-0.2, 0) is 13.5 Å². The predicted molar refractivity (Wildman–Crippen MR) is 153 cm³/mol. The van der Waals surface area contributed by atoms with E-state index in [9.17, 15) is 9.59 Å². The zero-order valence-corrected chi connectivity index (χ0v) is 22.3. The minimum atomic E-state index is -0.644. The largest absolute Gasteiger partial charge is 0.453 e. The van der Waals surface area contributed by atoms with Crippen LogP contribution in [0.25, 0.3) is 33.2 Å². The Morgan fingerprint density at radius 1 is 1.05 bits per heavy atom. The zero-order chi connectivity index (χ0) is 28.0. The number of aromatic nitrogens is 4. The second-order valence-corrected chi connectivity index (χ2v) is 9.89. The van der Waals surface area contributed by atoms with Crippen molar-refractivity contribution >= 4 is 39.3 Å². The number of fused-ring (bicyclic) bond motifs is 2. The molecule has 7 nitrogen and oxygen atoms in total. The molecule has 40 heavy (non-hydrogen) atoms. The molecule has 0 amide bonds. The highest BCUT2D eigenvalue weighted by Crippen LogP contribution is 2.36. The first-order valence-corrected chi connectivity index (χ1v) is 12.9. The Labute approximate surface area is 232 Å². The number of ether oxygens (including phenoxy) is 1. The molecule has 3 aromatic heterocycles. The molecule has 3 aromatic carbocycles. The average Bonchev–Trinajstić information content (AvgIpc) is 3.39. The third-order valence-corrected chi connectivity index (χ3v) is 7.23. The van der Waals surface area contributed by atoms with Crippen LogP contribution < -0.4 is 10.2 Å². The van der Waals surface area contributed by atoms with Crippen molar-refractivity contribution in [2.24, 2.45) is 7.05 Å². The Morgan fingerprint density at radius 3 is 2.62 bits per heavy atom. The number of benzene rings is 3. The molecular weight excluding hydrogens is 531 g/mol. The van der Waals surface area contributed by atoms with Crippen LogP contribution in [0.2, 0.25) is 5.02 Å². The minimum absolute atomic E-state index is 0.0173. The number of carbonyl (C=O) groups is 1. The summed E-state index contributed by atoms with van der Waals surface area (Å²) in [6, 6.07) is 20.5. The number of aryl methyl sites for hydroxylation is 1. The third kappa shape index (κ3) is 4.42. The van der Waals surface area contributed by atoms with Gasteiger partial charge >= 0.3 is 0 Å². The van der Waals surface area contributed by atoms with Gasteiger partial charge in [0, 0.05) is 41.3 Å². The smallest absolute Gasteiger partial charge is 0.200 e. The van der Waals surface area contributed by atoms with Crippen molar-refractivity contribution < 1.29 is 13.9 Å². The van der Waals surface area contributed by atoms with Crippen LogP contribution in [0.3, 0.4) is 0 Å². The fourth-order valence-corrected chi connectivity index (χ4v) is 5.08. The van der Waals surface area contributed by atoms with E-state index in [1.54, 1.807) is 48.9 Å². The number of ketones is 1. The van der Waals surface area contributed by atoms with E-state index >= 15 is 4.39 Å². The Kier molecular flexibility index (Phi) is 6.40. The molecule has 0 unspecified atom stereocenters. The van der Waals surface area contributed by atoms with E-state index in [1.807, 2.05) is 30.3 Å². The Bertz CT molecular complexity index is 2000. The highest BCUT2D eigenvalue weighted by atomic mass is 35.5. The van der Waals surface area contributed by atoms with Crippen LogP contribution >= 0.6 is 11.6 Å². The van der Waals surface area contributed by atoms with E-state index in [0.717, 1.165) is 5.56 Å². The minimum Gasteiger partial charge on any atom is -0.453 e. The van der Waals surface area contributed by atoms with Crippen LogP contribution in [0.15, 0.2) is 83.8 Å². The first kappa shape index (κ1) is 25.5. The standard InChI is InChI=1S/C31H22ClFN4O3/c1-17-27(30(39)21-16-20(32)9-10-23(21)37(17)2)24(38)15-18-8-11-25(22(33)14-18)40-26-12-13-34-31-28(26)29(35-36-31)19-6-4-3-5-7-19/h3-14,16H,15H2,1-2H3,(H,34,35,36). The van der Waals surface area contributed by atoms with Gasteiger partial charge in [0.15, 0.2) is 23.0 Å². The van der Waals surface area contributed by atoms with Crippen LogP contribution in [0.5, 0.6) is 11.5 Å². The van der Waals surface area contributed by atoms with Gasteiger partial charge in [-0.15, -0.1) is 0 Å². The molecule has 6 aromatic rings. The molecule has 0 saturated carbocycles. The topological polar surface area (TPSA) is 89.9 Å². The second-order valence-electron chi connectivity index (χ2n) is 9.45. The number of carbonyl (C=O) groups excluding carboxylic acids is 1. The highest BCUT2D eigenvalue weighted by Gasteiger charge is 2.21. The maximum absolute atomic E-state index is 15.3. The maximum atomic E-state index is 15.3. The van der Waals surface area contributed by atoms with Crippen LogP contribution in [0.1, 0.15) is 21.6 Å². The summed E-state index contributed by atoms with van der Waals surface area (Å²) in [5.41, 5.74) is 3.31. The summed E-state index contributed by atoms with van der Waals surface area (Å²) in [6.07, 6.45) is 1.39. The molecular formula is C31H22ClFN4O3. The Balaban J connectivity index is 1.30.